The quantitative estimate of drug-likeness (QED) is 0.868. The number of anilines is 1. The number of methoxy groups -OCH3 is 1. The fraction of sp³-hybridized carbons (Fsp3) is 0.692. The lowest BCUT2D eigenvalue weighted by Gasteiger charge is -2.26. The van der Waals surface area contributed by atoms with E-state index in [9.17, 15) is 5.11 Å². The van der Waals surface area contributed by atoms with E-state index in [4.69, 9.17) is 4.74 Å². The van der Waals surface area contributed by atoms with Gasteiger partial charge in [-0.25, -0.2) is 9.97 Å². The SMILES string of the molecule is COc1nccnc1N1C[C@@H](C)[C@](O)(C2CC2)C1. The molecule has 1 aromatic rings. The number of aliphatic hydroxyl groups is 1. The van der Waals surface area contributed by atoms with Crippen LogP contribution in [0.3, 0.4) is 0 Å². The van der Waals surface area contributed by atoms with Crippen molar-refractivity contribution in [3.05, 3.63) is 12.4 Å². The number of rotatable bonds is 3. The Morgan fingerprint density at radius 2 is 2.11 bits per heavy atom. The van der Waals surface area contributed by atoms with E-state index in [2.05, 4.69) is 21.8 Å². The van der Waals surface area contributed by atoms with Gasteiger partial charge in [0.2, 0.25) is 0 Å². The number of aromatic nitrogens is 2. The maximum atomic E-state index is 10.8. The maximum Gasteiger partial charge on any atom is 0.257 e. The lowest BCUT2D eigenvalue weighted by Crippen LogP contribution is -2.39. The van der Waals surface area contributed by atoms with Gasteiger partial charge in [0.15, 0.2) is 5.82 Å². The molecule has 0 bridgehead atoms. The lowest BCUT2D eigenvalue weighted by molar-refractivity contribution is 0.00280. The predicted molar refractivity (Wildman–Crippen MR) is 67.6 cm³/mol. The summed E-state index contributed by atoms with van der Waals surface area (Å²) >= 11 is 0. The van der Waals surface area contributed by atoms with E-state index >= 15 is 0 Å². The molecule has 0 radical (unpaired) electrons. The monoisotopic (exact) mass is 249 g/mol. The molecule has 2 heterocycles. The van der Waals surface area contributed by atoms with Gasteiger partial charge in [-0.2, -0.15) is 0 Å². The van der Waals surface area contributed by atoms with Gasteiger partial charge in [0.1, 0.15) is 0 Å². The minimum atomic E-state index is -0.567. The molecule has 1 aliphatic heterocycles. The van der Waals surface area contributed by atoms with Crippen molar-refractivity contribution in [2.75, 3.05) is 25.1 Å². The Bertz CT molecular complexity index is 450. The van der Waals surface area contributed by atoms with Gasteiger partial charge in [0.05, 0.1) is 12.7 Å². The molecule has 2 fully saturated rings. The van der Waals surface area contributed by atoms with Crippen molar-refractivity contribution in [3.8, 4) is 5.88 Å². The minimum absolute atomic E-state index is 0.261. The molecule has 1 N–H and O–H groups in total. The predicted octanol–water partition coefficient (Wildman–Crippen LogP) is 1.08. The number of nitrogens with zero attached hydrogens (tertiary/aromatic N) is 3. The van der Waals surface area contributed by atoms with Gasteiger partial charge in [-0.3, -0.25) is 0 Å². The smallest absolute Gasteiger partial charge is 0.257 e. The average Bonchev–Trinajstić information content (AvgIpc) is 3.18. The summed E-state index contributed by atoms with van der Waals surface area (Å²) in [5.41, 5.74) is -0.567. The Kier molecular flexibility index (Phi) is 2.66. The normalized spacial score (nSPS) is 31.7. The van der Waals surface area contributed by atoms with Crippen LogP contribution in [0.1, 0.15) is 19.8 Å². The van der Waals surface area contributed by atoms with E-state index in [1.54, 1.807) is 19.5 Å². The summed E-state index contributed by atoms with van der Waals surface area (Å²) in [6.07, 6.45) is 5.57. The van der Waals surface area contributed by atoms with E-state index in [-0.39, 0.29) is 5.92 Å². The molecule has 2 aliphatic rings. The first-order valence-corrected chi connectivity index (χ1v) is 6.47. The largest absolute Gasteiger partial charge is 0.478 e. The number of β-amino-alcohol motifs (C(OH)–C–C–N with tert-alkyl or cyclic N) is 1. The van der Waals surface area contributed by atoms with Gasteiger partial charge < -0.3 is 14.7 Å². The first kappa shape index (κ1) is 11.7. The Balaban J connectivity index is 1.86. The van der Waals surface area contributed by atoms with Crippen LogP contribution < -0.4 is 9.64 Å². The molecule has 5 heteroatoms. The Hall–Kier alpha value is -1.36. The zero-order valence-electron chi connectivity index (χ0n) is 10.8. The van der Waals surface area contributed by atoms with Gasteiger partial charge in [0, 0.05) is 31.4 Å². The van der Waals surface area contributed by atoms with Crippen molar-refractivity contribution in [1.82, 2.24) is 9.97 Å². The lowest BCUT2D eigenvalue weighted by atomic mass is 9.88. The first-order valence-electron chi connectivity index (χ1n) is 6.47. The highest BCUT2D eigenvalue weighted by Gasteiger charge is 2.53. The molecule has 1 saturated carbocycles. The standard InChI is InChI=1S/C13H19N3O2/c1-9-7-16(8-13(9,17)10-3-4-10)11-12(18-2)15-6-5-14-11/h5-6,9-10,17H,3-4,7-8H2,1-2H3/t9-,13+/m1/s1. The maximum absolute atomic E-state index is 10.8. The molecule has 1 aromatic heterocycles. The summed E-state index contributed by atoms with van der Waals surface area (Å²) in [7, 11) is 1.60. The van der Waals surface area contributed by atoms with Gasteiger partial charge >= 0.3 is 0 Å². The Morgan fingerprint density at radius 3 is 2.78 bits per heavy atom. The molecular formula is C13H19N3O2. The summed E-state index contributed by atoms with van der Waals surface area (Å²) in [5, 5.41) is 10.8. The minimum Gasteiger partial charge on any atom is -0.478 e. The molecule has 1 aliphatic carbocycles. The topological polar surface area (TPSA) is 58.5 Å². The molecule has 2 atom stereocenters. The second-order valence-corrected chi connectivity index (χ2v) is 5.44. The van der Waals surface area contributed by atoms with Gasteiger partial charge in [-0.1, -0.05) is 6.92 Å². The van der Waals surface area contributed by atoms with Crippen molar-refractivity contribution in [1.29, 1.82) is 0 Å². The molecule has 1 saturated heterocycles. The first-order chi connectivity index (χ1) is 8.65. The van der Waals surface area contributed by atoms with Crippen molar-refractivity contribution in [3.63, 3.8) is 0 Å². The van der Waals surface area contributed by atoms with Gasteiger partial charge in [-0.15, -0.1) is 0 Å². The number of hydrogen-bond donors (Lipinski definition) is 1. The molecule has 0 aromatic carbocycles. The van der Waals surface area contributed by atoms with Crippen LogP contribution in [0.4, 0.5) is 5.82 Å². The van der Waals surface area contributed by atoms with Gasteiger partial charge in [0.25, 0.3) is 5.88 Å². The Labute approximate surface area is 107 Å². The molecule has 0 amide bonds. The van der Waals surface area contributed by atoms with Crippen LogP contribution in [-0.2, 0) is 0 Å². The van der Waals surface area contributed by atoms with Crippen molar-refractivity contribution in [2.45, 2.75) is 25.4 Å². The van der Waals surface area contributed by atoms with Crippen LogP contribution in [0.15, 0.2) is 12.4 Å². The van der Waals surface area contributed by atoms with Crippen LogP contribution in [0.25, 0.3) is 0 Å². The van der Waals surface area contributed by atoms with Crippen LogP contribution in [0.2, 0.25) is 0 Å². The second-order valence-electron chi connectivity index (χ2n) is 5.44. The van der Waals surface area contributed by atoms with Crippen LogP contribution >= 0.6 is 0 Å². The summed E-state index contributed by atoms with van der Waals surface area (Å²) in [4.78, 5) is 10.6. The van der Waals surface area contributed by atoms with Crippen molar-refractivity contribution < 1.29 is 9.84 Å². The Morgan fingerprint density at radius 1 is 1.39 bits per heavy atom. The summed E-state index contributed by atoms with van der Waals surface area (Å²) in [6.45, 7) is 3.55. The molecule has 0 spiro atoms. The van der Waals surface area contributed by atoms with Crippen LogP contribution in [-0.4, -0.2) is 40.9 Å². The zero-order valence-corrected chi connectivity index (χ0v) is 10.8. The molecule has 98 valence electrons. The average molecular weight is 249 g/mol. The third kappa shape index (κ3) is 1.73. The van der Waals surface area contributed by atoms with Crippen molar-refractivity contribution >= 4 is 5.82 Å². The van der Waals surface area contributed by atoms with Gasteiger partial charge in [-0.05, 0) is 18.8 Å². The van der Waals surface area contributed by atoms with Crippen molar-refractivity contribution in [2.24, 2.45) is 11.8 Å². The fourth-order valence-corrected chi connectivity index (χ4v) is 2.97. The van der Waals surface area contributed by atoms with E-state index in [1.807, 2.05) is 0 Å². The highest BCUT2D eigenvalue weighted by molar-refractivity contribution is 5.50. The van der Waals surface area contributed by atoms with Crippen LogP contribution in [0.5, 0.6) is 5.88 Å². The van der Waals surface area contributed by atoms with E-state index in [0.29, 0.717) is 18.3 Å². The van der Waals surface area contributed by atoms with E-state index in [1.165, 1.54) is 0 Å². The van der Waals surface area contributed by atoms with E-state index in [0.717, 1.165) is 25.2 Å². The number of ether oxygens (including phenoxy) is 1. The van der Waals surface area contributed by atoms with E-state index < -0.39 is 5.60 Å². The summed E-state index contributed by atoms with van der Waals surface area (Å²) in [5.74, 6) is 1.99. The van der Waals surface area contributed by atoms with Crippen LogP contribution in [0, 0.1) is 11.8 Å². The highest BCUT2D eigenvalue weighted by atomic mass is 16.5. The molecular weight excluding hydrogens is 230 g/mol. The molecule has 0 unspecified atom stereocenters. The third-order valence-electron chi connectivity index (χ3n) is 4.22. The zero-order chi connectivity index (χ0) is 12.8. The fourth-order valence-electron chi connectivity index (χ4n) is 2.97. The number of hydrogen-bond acceptors (Lipinski definition) is 5. The molecule has 5 nitrogen and oxygen atoms in total. The highest BCUT2D eigenvalue weighted by Crippen LogP contribution is 2.48. The summed E-state index contributed by atoms with van der Waals surface area (Å²) < 4.78 is 5.24. The molecule has 3 rings (SSSR count). The second kappa shape index (κ2) is 4.09. The molecule has 18 heavy (non-hydrogen) atoms. The summed E-state index contributed by atoms with van der Waals surface area (Å²) in [6, 6.07) is 0. The third-order valence-corrected chi connectivity index (χ3v) is 4.22.